The fourth-order valence-corrected chi connectivity index (χ4v) is 4.88. The Morgan fingerprint density at radius 1 is 0.654 bits per heavy atom. The second-order valence-corrected chi connectivity index (χ2v) is 7.60. The lowest BCUT2D eigenvalue weighted by Gasteiger charge is -2.11. The number of benzene rings is 3. The van der Waals surface area contributed by atoms with E-state index >= 15 is 0 Å². The van der Waals surface area contributed by atoms with Crippen molar-refractivity contribution >= 4 is 10.9 Å². The summed E-state index contributed by atoms with van der Waals surface area (Å²) >= 11 is 0. The first-order valence-corrected chi connectivity index (χ1v) is 9.73. The fourth-order valence-electron chi connectivity index (χ4n) is 2.72. The van der Waals surface area contributed by atoms with Crippen LogP contribution in [0.3, 0.4) is 0 Å². The van der Waals surface area contributed by atoms with Gasteiger partial charge in [-0.05, 0) is 43.3 Å². The molecule has 0 atom stereocenters. The molecule has 0 bridgehead atoms. The Morgan fingerprint density at radius 3 is 1.50 bits per heavy atom. The van der Waals surface area contributed by atoms with Gasteiger partial charge >= 0.3 is 0 Å². The second kappa shape index (κ2) is 8.68. The number of hydrogen-bond donors (Lipinski definition) is 0. The third-order valence-electron chi connectivity index (χ3n) is 3.91. The maximum atomic E-state index is 5.71. The zero-order valence-electron chi connectivity index (χ0n) is 15.3. The van der Waals surface area contributed by atoms with Crippen LogP contribution >= 0.6 is 0 Å². The van der Waals surface area contributed by atoms with Crippen molar-refractivity contribution in [1.29, 1.82) is 0 Å². The molecule has 3 nitrogen and oxygen atoms in total. The highest BCUT2D eigenvalue weighted by atomic mass is 32.2. The standard InChI is InChI=1S/C22H23O3S/c1-4-25-19-10-7-13-22(16-19)26(20-11-5-8-17(14-20)23-2)21-12-6-9-18(15-21)24-3/h5-16H,4H2,1-3H3/q+1. The maximum absolute atomic E-state index is 5.71. The molecule has 3 rings (SSSR count). The van der Waals surface area contributed by atoms with Crippen LogP contribution in [0.4, 0.5) is 0 Å². The van der Waals surface area contributed by atoms with Crippen molar-refractivity contribution in [2.24, 2.45) is 0 Å². The zero-order valence-corrected chi connectivity index (χ0v) is 16.1. The summed E-state index contributed by atoms with van der Waals surface area (Å²) in [7, 11) is 3.09. The summed E-state index contributed by atoms with van der Waals surface area (Å²) < 4.78 is 16.6. The Morgan fingerprint density at radius 2 is 1.08 bits per heavy atom. The van der Waals surface area contributed by atoms with Crippen LogP contribution in [-0.2, 0) is 10.9 Å². The van der Waals surface area contributed by atoms with Crippen LogP contribution in [0.1, 0.15) is 6.92 Å². The lowest BCUT2D eigenvalue weighted by molar-refractivity contribution is 0.339. The predicted octanol–water partition coefficient (Wildman–Crippen LogP) is 5.20. The molecule has 0 saturated carbocycles. The minimum Gasteiger partial charge on any atom is -0.497 e. The van der Waals surface area contributed by atoms with E-state index in [0.29, 0.717) is 6.61 Å². The first kappa shape index (κ1) is 18.2. The monoisotopic (exact) mass is 367 g/mol. The van der Waals surface area contributed by atoms with E-state index in [0.717, 1.165) is 17.2 Å². The van der Waals surface area contributed by atoms with Crippen molar-refractivity contribution in [2.75, 3.05) is 20.8 Å². The molecular weight excluding hydrogens is 344 g/mol. The lowest BCUT2D eigenvalue weighted by Crippen LogP contribution is -2.06. The van der Waals surface area contributed by atoms with Gasteiger partial charge in [0.15, 0.2) is 14.7 Å². The minimum absolute atomic E-state index is 0.292. The highest BCUT2D eigenvalue weighted by Gasteiger charge is 2.30. The largest absolute Gasteiger partial charge is 0.497 e. The van der Waals surface area contributed by atoms with Crippen LogP contribution in [0.5, 0.6) is 17.2 Å². The predicted molar refractivity (Wildman–Crippen MR) is 106 cm³/mol. The van der Waals surface area contributed by atoms with Gasteiger partial charge in [0, 0.05) is 18.2 Å². The molecule has 0 radical (unpaired) electrons. The molecule has 0 aromatic heterocycles. The molecule has 0 aliphatic carbocycles. The summed E-state index contributed by atoms with van der Waals surface area (Å²) in [6.07, 6.45) is 0. The highest BCUT2D eigenvalue weighted by molar-refractivity contribution is 7.97. The van der Waals surface area contributed by atoms with Gasteiger partial charge < -0.3 is 14.2 Å². The van der Waals surface area contributed by atoms with Gasteiger partial charge in [-0.15, -0.1) is 0 Å². The first-order chi connectivity index (χ1) is 12.7. The van der Waals surface area contributed by atoms with Crippen molar-refractivity contribution in [3.63, 3.8) is 0 Å². The van der Waals surface area contributed by atoms with E-state index in [9.17, 15) is 0 Å². The highest BCUT2D eigenvalue weighted by Crippen LogP contribution is 2.35. The molecule has 0 saturated heterocycles. The Hall–Kier alpha value is -2.59. The quantitative estimate of drug-likeness (QED) is 0.537. The Kier molecular flexibility index (Phi) is 6.08. The third-order valence-corrected chi connectivity index (χ3v) is 6.08. The van der Waals surface area contributed by atoms with E-state index in [-0.39, 0.29) is 10.9 Å². The van der Waals surface area contributed by atoms with Crippen molar-refractivity contribution in [3.8, 4) is 17.2 Å². The average molecular weight is 367 g/mol. The molecule has 0 fully saturated rings. The van der Waals surface area contributed by atoms with Gasteiger partial charge in [0.25, 0.3) is 0 Å². The Labute approximate surface area is 157 Å². The first-order valence-electron chi connectivity index (χ1n) is 8.50. The second-order valence-electron chi connectivity index (χ2n) is 5.57. The summed E-state index contributed by atoms with van der Waals surface area (Å²) in [6, 6.07) is 24.7. The summed E-state index contributed by atoms with van der Waals surface area (Å²) in [5.74, 6) is 2.58. The molecule has 3 aromatic rings. The van der Waals surface area contributed by atoms with E-state index in [1.54, 1.807) is 14.2 Å². The summed E-state index contributed by atoms with van der Waals surface area (Å²) in [4.78, 5) is 3.56. The van der Waals surface area contributed by atoms with Gasteiger partial charge in [0.2, 0.25) is 0 Å². The Balaban J connectivity index is 2.13. The molecule has 0 aliphatic rings. The van der Waals surface area contributed by atoms with Gasteiger partial charge in [-0.25, -0.2) is 0 Å². The molecular formula is C22H23O3S+. The van der Waals surface area contributed by atoms with Crippen molar-refractivity contribution < 1.29 is 14.2 Å². The van der Waals surface area contributed by atoms with E-state index in [1.807, 2.05) is 43.3 Å². The number of ether oxygens (including phenoxy) is 3. The van der Waals surface area contributed by atoms with Crippen LogP contribution in [0.2, 0.25) is 0 Å². The maximum Gasteiger partial charge on any atom is 0.170 e. The van der Waals surface area contributed by atoms with Gasteiger partial charge in [0.05, 0.1) is 31.7 Å². The van der Waals surface area contributed by atoms with Crippen molar-refractivity contribution in [1.82, 2.24) is 0 Å². The fraction of sp³-hybridized carbons (Fsp3) is 0.182. The van der Waals surface area contributed by atoms with Crippen LogP contribution in [-0.4, -0.2) is 20.8 Å². The minimum atomic E-state index is -0.292. The van der Waals surface area contributed by atoms with E-state index in [4.69, 9.17) is 14.2 Å². The van der Waals surface area contributed by atoms with Gasteiger partial charge in [-0.2, -0.15) is 0 Å². The molecule has 26 heavy (non-hydrogen) atoms. The van der Waals surface area contributed by atoms with Crippen LogP contribution in [0.15, 0.2) is 87.5 Å². The molecule has 0 unspecified atom stereocenters. The van der Waals surface area contributed by atoms with Crippen LogP contribution < -0.4 is 14.2 Å². The van der Waals surface area contributed by atoms with E-state index in [1.165, 1.54) is 14.7 Å². The van der Waals surface area contributed by atoms with E-state index < -0.39 is 0 Å². The van der Waals surface area contributed by atoms with Crippen molar-refractivity contribution in [3.05, 3.63) is 72.8 Å². The van der Waals surface area contributed by atoms with Crippen LogP contribution in [0.25, 0.3) is 0 Å². The van der Waals surface area contributed by atoms with Gasteiger partial charge in [-0.3, -0.25) is 0 Å². The molecule has 0 spiro atoms. The molecule has 134 valence electrons. The summed E-state index contributed by atoms with van der Waals surface area (Å²) in [6.45, 7) is 2.64. The zero-order chi connectivity index (χ0) is 18.4. The molecule has 0 N–H and O–H groups in total. The van der Waals surface area contributed by atoms with Gasteiger partial charge in [0.1, 0.15) is 17.2 Å². The number of rotatable bonds is 7. The molecule has 3 aromatic carbocycles. The number of methoxy groups -OCH3 is 2. The SMILES string of the molecule is CCOc1cccc([S+](c2cccc(OC)c2)c2cccc(OC)c2)c1. The van der Waals surface area contributed by atoms with Gasteiger partial charge in [-0.1, -0.05) is 18.2 Å². The summed E-state index contributed by atoms with van der Waals surface area (Å²) in [5, 5.41) is 0. The lowest BCUT2D eigenvalue weighted by atomic mass is 10.3. The normalized spacial score (nSPS) is 10.6. The molecule has 0 heterocycles. The molecule has 4 heteroatoms. The van der Waals surface area contributed by atoms with Crippen LogP contribution in [0, 0.1) is 0 Å². The molecule has 0 amide bonds. The average Bonchev–Trinajstić information content (AvgIpc) is 2.69. The smallest absolute Gasteiger partial charge is 0.170 e. The third kappa shape index (κ3) is 4.14. The Bertz CT molecular complexity index is 816. The number of hydrogen-bond acceptors (Lipinski definition) is 3. The summed E-state index contributed by atoms with van der Waals surface area (Å²) in [5.41, 5.74) is 0. The topological polar surface area (TPSA) is 27.7 Å². The van der Waals surface area contributed by atoms with E-state index in [2.05, 4.69) is 36.4 Å². The molecule has 0 aliphatic heterocycles. The van der Waals surface area contributed by atoms with Crippen molar-refractivity contribution in [2.45, 2.75) is 21.6 Å².